The van der Waals surface area contributed by atoms with Crippen LogP contribution >= 0.6 is 0 Å². The van der Waals surface area contributed by atoms with Gasteiger partial charge >= 0.3 is 0 Å². The first-order chi connectivity index (χ1) is 8.17. The summed E-state index contributed by atoms with van der Waals surface area (Å²) in [5.41, 5.74) is 2.48. The first-order valence-corrected chi connectivity index (χ1v) is 6.05. The number of rotatable bonds is 4. The van der Waals surface area contributed by atoms with Crippen LogP contribution in [0.2, 0.25) is 0 Å². The van der Waals surface area contributed by atoms with Crippen LogP contribution in [0.25, 0.3) is 0 Å². The van der Waals surface area contributed by atoms with Gasteiger partial charge in [0, 0.05) is 30.6 Å². The van der Waals surface area contributed by atoms with Gasteiger partial charge in [-0.05, 0) is 37.6 Å². The average Bonchev–Trinajstić information content (AvgIpc) is 2.68. The summed E-state index contributed by atoms with van der Waals surface area (Å²) in [6, 6.07) is 6.60. The Hall–Kier alpha value is -1.51. The van der Waals surface area contributed by atoms with E-state index in [2.05, 4.69) is 30.9 Å². The van der Waals surface area contributed by atoms with E-state index in [0.717, 1.165) is 18.6 Å². The maximum Gasteiger partial charge on any atom is 0.120 e. The molecule has 1 unspecified atom stereocenters. The van der Waals surface area contributed by atoms with Crippen LogP contribution in [0.1, 0.15) is 31.7 Å². The Labute approximate surface area is 102 Å². The number of nitrogens with zero attached hydrogens (tertiary/aromatic N) is 1. The molecule has 1 aromatic carbocycles. The summed E-state index contributed by atoms with van der Waals surface area (Å²) >= 11 is 0. The highest BCUT2D eigenvalue weighted by Crippen LogP contribution is 2.40. The second kappa shape index (κ2) is 4.78. The van der Waals surface area contributed by atoms with Crippen molar-refractivity contribution >= 4 is 12.0 Å². The minimum Gasteiger partial charge on any atom is -0.497 e. The molecule has 0 aromatic heterocycles. The van der Waals surface area contributed by atoms with Gasteiger partial charge in [-0.2, -0.15) is 0 Å². The second-order valence-corrected chi connectivity index (χ2v) is 4.77. The molecular weight excluding hydrogens is 214 g/mol. The maximum atomic E-state index is 10.8. The molecule has 2 rings (SSSR count). The van der Waals surface area contributed by atoms with Crippen LogP contribution in [-0.4, -0.2) is 26.0 Å². The molecule has 0 spiro atoms. The lowest BCUT2D eigenvalue weighted by Gasteiger charge is -2.24. The summed E-state index contributed by atoms with van der Waals surface area (Å²) in [6.45, 7) is 5.29. The number of carbonyl (C=O) groups excluding carboxylic acids is 1. The van der Waals surface area contributed by atoms with Gasteiger partial charge in [0.05, 0.1) is 7.11 Å². The van der Waals surface area contributed by atoms with Crippen molar-refractivity contribution in [2.45, 2.75) is 32.2 Å². The number of hydrogen-bond acceptors (Lipinski definition) is 3. The van der Waals surface area contributed by atoms with E-state index in [1.165, 1.54) is 11.3 Å². The Balaban J connectivity index is 2.39. The van der Waals surface area contributed by atoms with Crippen molar-refractivity contribution in [1.29, 1.82) is 0 Å². The van der Waals surface area contributed by atoms with Gasteiger partial charge in [-0.25, -0.2) is 0 Å². The van der Waals surface area contributed by atoms with E-state index < -0.39 is 0 Å². The molecule has 1 heterocycles. The van der Waals surface area contributed by atoms with Crippen LogP contribution in [0, 0.1) is 0 Å². The molecule has 0 saturated heterocycles. The van der Waals surface area contributed by atoms with Crippen molar-refractivity contribution in [3.63, 3.8) is 0 Å². The highest BCUT2D eigenvalue weighted by atomic mass is 16.5. The van der Waals surface area contributed by atoms with E-state index in [9.17, 15) is 4.79 Å². The van der Waals surface area contributed by atoms with Crippen molar-refractivity contribution in [2.75, 3.05) is 18.6 Å². The molecule has 0 bridgehead atoms. The Morgan fingerprint density at radius 3 is 2.88 bits per heavy atom. The summed E-state index contributed by atoms with van der Waals surface area (Å²) in [4.78, 5) is 13.1. The minimum atomic E-state index is 0.306. The highest BCUT2D eigenvalue weighted by Gasteiger charge is 2.29. The molecule has 0 radical (unpaired) electrons. The van der Waals surface area contributed by atoms with Gasteiger partial charge in [0.1, 0.15) is 12.0 Å². The summed E-state index contributed by atoms with van der Waals surface area (Å²) in [7, 11) is 1.67. The molecule has 3 heteroatoms. The third-order valence-electron chi connectivity index (χ3n) is 3.41. The largest absolute Gasteiger partial charge is 0.497 e. The number of benzene rings is 1. The van der Waals surface area contributed by atoms with Crippen LogP contribution in [0.3, 0.4) is 0 Å². The normalized spacial score (nSPS) is 18.4. The van der Waals surface area contributed by atoms with Crippen molar-refractivity contribution in [1.82, 2.24) is 0 Å². The minimum absolute atomic E-state index is 0.306. The molecule has 1 aliphatic rings. The van der Waals surface area contributed by atoms with Crippen LogP contribution in [-0.2, 0) is 4.79 Å². The molecule has 92 valence electrons. The number of ether oxygens (including phenoxy) is 1. The molecule has 17 heavy (non-hydrogen) atoms. The van der Waals surface area contributed by atoms with E-state index >= 15 is 0 Å². The van der Waals surface area contributed by atoms with Gasteiger partial charge in [0.15, 0.2) is 0 Å². The zero-order valence-electron chi connectivity index (χ0n) is 10.6. The predicted molar refractivity (Wildman–Crippen MR) is 68.9 cm³/mol. The van der Waals surface area contributed by atoms with Crippen molar-refractivity contribution < 1.29 is 9.53 Å². The van der Waals surface area contributed by atoms with E-state index in [1.807, 2.05) is 6.07 Å². The fourth-order valence-corrected chi connectivity index (χ4v) is 2.49. The molecular formula is C14H19NO2. The van der Waals surface area contributed by atoms with Gasteiger partial charge in [0.25, 0.3) is 0 Å². The molecule has 0 fully saturated rings. The number of carbonyl (C=O) groups is 1. The van der Waals surface area contributed by atoms with Gasteiger partial charge < -0.3 is 14.4 Å². The number of anilines is 1. The molecule has 1 aromatic rings. The third-order valence-corrected chi connectivity index (χ3v) is 3.41. The first-order valence-electron chi connectivity index (χ1n) is 6.05. The van der Waals surface area contributed by atoms with Crippen LogP contribution in [0.4, 0.5) is 5.69 Å². The third kappa shape index (κ3) is 2.14. The lowest BCUT2D eigenvalue weighted by Crippen LogP contribution is -2.29. The van der Waals surface area contributed by atoms with Crippen LogP contribution in [0.5, 0.6) is 5.75 Å². The smallest absolute Gasteiger partial charge is 0.120 e. The van der Waals surface area contributed by atoms with Crippen LogP contribution in [0.15, 0.2) is 18.2 Å². The Morgan fingerprint density at radius 1 is 1.53 bits per heavy atom. The fourth-order valence-electron chi connectivity index (χ4n) is 2.49. The van der Waals surface area contributed by atoms with E-state index in [4.69, 9.17) is 4.74 Å². The highest BCUT2D eigenvalue weighted by molar-refractivity contribution is 5.65. The van der Waals surface area contributed by atoms with Gasteiger partial charge in [-0.15, -0.1) is 0 Å². The molecule has 0 aliphatic carbocycles. The lowest BCUT2D eigenvalue weighted by atomic mass is 9.98. The predicted octanol–water partition coefficient (Wildman–Crippen LogP) is 2.60. The zero-order valence-corrected chi connectivity index (χ0v) is 10.6. The van der Waals surface area contributed by atoms with Crippen molar-refractivity contribution in [3.8, 4) is 5.75 Å². The maximum absolute atomic E-state index is 10.8. The van der Waals surface area contributed by atoms with E-state index in [-0.39, 0.29) is 0 Å². The molecule has 1 atom stereocenters. The topological polar surface area (TPSA) is 29.5 Å². The Bertz CT molecular complexity index is 415. The van der Waals surface area contributed by atoms with Gasteiger partial charge in [-0.1, -0.05) is 0 Å². The summed E-state index contributed by atoms with van der Waals surface area (Å²) in [5, 5.41) is 0. The quantitative estimate of drug-likeness (QED) is 0.749. The lowest BCUT2D eigenvalue weighted by molar-refractivity contribution is -0.108. The Morgan fingerprint density at radius 2 is 2.29 bits per heavy atom. The standard InChI is InChI=1S/C14H19NO2/c1-10(2)15-9-11(6-7-16)13-8-12(17-3)4-5-14(13)15/h4-5,7-8,10-11H,6,9H2,1-3H3. The van der Waals surface area contributed by atoms with Crippen molar-refractivity contribution in [3.05, 3.63) is 23.8 Å². The van der Waals surface area contributed by atoms with Gasteiger partial charge in [0.2, 0.25) is 0 Å². The molecule has 0 amide bonds. The SMILES string of the molecule is COc1ccc2c(c1)C(CC=O)CN2C(C)C. The molecule has 1 aliphatic heterocycles. The Kier molecular flexibility index (Phi) is 3.36. The van der Waals surface area contributed by atoms with Crippen molar-refractivity contribution in [2.24, 2.45) is 0 Å². The number of aldehydes is 1. The number of fused-ring (bicyclic) bond motifs is 1. The molecule has 0 saturated carbocycles. The second-order valence-electron chi connectivity index (χ2n) is 4.77. The van der Waals surface area contributed by atoms with Gasteiger partial charge in [-0.3, -0.25) is 0 Å². The summed E-state index contributed by atoms with van der Waals surface area (Å²) < 4.78 is 5.25. The average molecular weight is 233 g/mol. The molecule has 0 N–H and O–H groups in total. The summed E-state index contributed by atoms with van der Waals surface area (Å²) in [5.74, 6) is 1.17. The summed E-state index contributed by atoms with van der Waals surface area (Å²) in [6.07, 6.45) is 1.60. The van der Waals surface area contributed by atoms with E-state index in [1.54, 1.807) is 7.11 Å². The number of methoxy groups -OCH3 is 1. The zero-order chi connectivity index (χ0) is 12.4. The van der Waals surface area contributed by atoms with E-state index in [0.29, 0.717) is 18.4 Å². The monoisotopic (exact) mass is 233 g/mol. The fraction of sp³-hybridized carbons (Fsp3) is 0.500. The molecule has 3 nitrogen and oxygen atoms in total. The van der Waals surface area contributed by atoms with Crippen LogP contribution < -0.4 is 9.64 Å². The number of hydrogen-bond donors (Lipinski definition) is 0. The first kappa shape index (κ1) is 12.0.